The summed E-state index contributed by atoms with van der Waals surface area (Å²) in [5.41, 5.74) is 4.58. The predicted molar refractivity (Wildman–Crippen MR) is 69.7 cm³/mol. The lowest BCUT2D eigenvalue weighted by molar-refractivity contribution is -0.142. The number of hydrogen-bond donors (Lipinski definition) is 3. The molecule has 1 aliphatic rings. The number of amides is 1. The lowest BCUT2D eigenvalue weighted by atomic mass is 10.0. The molecule has 1 aromatic carbocycles. The van der Waals surface area contributed by atoms with Gasteiger partial charge in [-0.25, -0.2) is 0 Å². The van der Waals surface area contributed by atoms with E-state index in [9.17, 15) is 14.7 Å². The second-order valence-electron chi connectivity index (χ2n) is 4.82. The molecule has 1 atom stereocenters. The quantitative estimate of drug-likeness (QED) is 0.720. The van der Waals surface area contributed by atoms with Crippen molar-refractivity contribution in [3.05, 3.63) is 23.8 Å². The van der Waals surface area contributed by atoms with Gasteiger partial charge in [-0.05, 0) is 24.6 Å². The van der Waals surface area contributed by atoms with Gasteiger partial charge < -0.3 is 25.6 Å². The molecule has 0 saturated carbocycles. The molecule has 20 heavy (non-hydrogen) atoms. The zero-order valence-corrected chi connectivity index (χ0v) is 11.0. The van der Waals surface area contributed by atoms with Gasteiger partial charge in [0.1, 0.15) is 5.54 Å². The van der Waals surface area contributed by atoms with Crippen LogP contribution in [0.4, 0.5) is 0 Å². The maximum absolute atomic E-state index is 12.2. The third-order valence-electron chi connectivity index (χ3n) is 3.44. The van der Waals surface area contributed by atoms with Gasteiger partial charge in [-0.15, -0.1) is 0 Å². The summed E-state index contributed by atoms with van der Waals surface area (Å²) < 4.78 is 4.90. The second-order valence-corrected chi connectivity index (χ2v) is 4.82. The van der Waals surface area contributed by atoms with E-state index in [1.165, 1.54) is 30.2 Å². The Kier molecular flexibility index (Phi) is 3.54. The SMILES string of the molecule is COc1ccc(C(=O)N2CCC(N)(C(=O)O)C2)cc1O. The van der Waals surface area contributed by atoms with Crippen LogP contribution in [0.15, 0.2) is 18.2 Å². The van der Waals surface area contributed by atoms with E-state index < -0.39 is 11.5 Å². The number of nitrogens with two attached hydrogens (primary N) is 1. The number of phenolic OH excluding ortho intramolecular Hbond substituents is 1. The lowest BCUT2D eigenvalue weighted by Gasteiger charge is -2.20. The zero-order valence-electron chi connectivity index (χ0n) is 11.0. The van der Waals surface area contributed by atoms with Crippen molar-refractivity contribution in [3.63, 3.8) is 0 Å². The van der Waals surface area contributed by atoms with E-state index in [1.807, 2.05) is 0 Å². The van der Waals surface area contributed by atoms with Crippen LogP contribution in [0, 0.1) is 0 Å². The van der Waals surface area contributed by atoms with E-state index in [-0.39, 0.29) is 42.5 Å². The van der Waals surface area contributed by atoms with Crippen LogP contribution in [0.2, 0.25) is 0 Å². The van der Waals surface area contributed by atoms with Gasteiger partial charge in [0.25, 0.3) is 5.91 Å². The number of ether oxygens (including phenoxy) is 1. The first-order valence-electron chi connectivity index (χ1n) is 6.06. The van der Waals surface area contributed by atoms with Crippen molar-refractivity contribution in [2.75, 3.05) is 20.2 Å². The third-order valence-corrected chi connectivity index (χ3v) is 3.44. The number of benzene rings is 1. The normalized spacial score (nSPS) is 21.8. The van der Waals surface area contributed by atoms with Crippen LogP contribution in [0.3, 0.4) is 0 Å². The Balaban J connectivity index is 2.17. The first-order chi connectivity index (χ1) is 9.37. The maximum atomic E-state index is 12.2. The number of aliphatic carboxylic acids is 1. The van der Waals surface area contributed by atoms with E-state index >= 15 is 0 Å². The van der Waals surface area contributed by atoms with Crippen molar-refractivity contribution in [1.29, 1.82) is 0 Å². The van der Waals surface area contributed by atoms with Crippen molar-refractivity contribution in [2.45, 2.75) is 12.0 Å². The number of rotatable bonds is 3. The molecule has 1 amide bonds. The third kappa shape index (κ3) is 2.39. The fourth-order valence-corrected chi connectivity index (χ4v) is 2.19. The zero-order chi connectivity index (χ0) is 14.9. The summed E-state index contributed by atoms with van der Waals surface area (Å²) in [4.78, 5) is 24.7. The molecule has 108 valence electrons. The first kappa shape index (κ1) is 14.1. The molecule has 1 heterocycles. The average Bonchev–Trinajstić information content (AvgIpc) is 2.82. The summed E-state index contributed by atoms with van der Waals surface area (Å²) in [5, 5.41) is 18.7. The van der Waals surface area contributed by atoms with Crippen LogP contribution in [-0.4, -0.2) is 52.7 Å². The number of nitrogens with zero attached hydrogens (tertiary/aromatic N) is 1. The summed E-state index contributed by atoms with van der Waals surface area (Å²) in [5.74, 6) is -1.36. The topological polar surface area (TPSA) is 113 Å². The molecular weight excluding hydrogens is 264 g/mol. The summed E-state index contributed by atoms with van der Waals surface area (Å²) in [6, 6.07) is 4.28. The van der Waals surface area contributed by atoms with Crippen LogP contribution in [0.25, 0.3) is 0 Å². The summed E-state index contributed by atoms with van der Waals surface area (Å²) in [6.45, 7) is 0.225. The fourth-order valence-electron chi connectivity index (χ4n) is 2.19. The van der Waals surface area contributed by atoms with Gasteiger partial charge in [0.15, 0.2) is 11.5 Å². The lowest BCUT2D eigenvalue weighted by Crippen LogP contribution is -2.50. The molecule has 1 saturated heterocycles. The van der Waals surface area contributed by atoms with Gasteiger partial charge in [-0.2, -0.15) is 0 Å². The number of likely N-dealkylation sites (tertiary alicyclic amines) is 1. The highest BCUT2D eigenvalue weighted by atomic mass is 16.5. The Morgan fingerprint density at radius 3 is 2.65 bits per heavy atom. The number of carboxylic acid groups (broad SMARTS) is 1. The number of carbonyl (C=O) groups is 2. The van der Waals surface area contributed by atoms with Crippen molar-refractivity contribution in [2.24, 2.45) is 5.73 Å². The summed E-state index contributed by atoms with van der Waals surface area (Å²) >= 11 is 0. The second kappa shape index (κ2) is 5.01. The molecule has 0 spiro atoms. The monoisotopic (exact) mass is 280 g/mol. The van der Waals surface area contributed by atoms with Crippen molar-refractivity contribution in [1.82, 2.24) is 4.90 Å². The minimum Gasteiger partial charge on any atom is -0.504 e. The van der Waals surface area contributed by atoms with Crippen molar-refractivity contribution < 1.29 is 24.5 Å². The molecule has 0 bridgehead atoms. The van der Waals surface area contributed by atoms with Gasteiger partial charge in [-0.3, -0.25) is 9.59 Å². The molecule has 4 N–H and O–H groups in total. The van der Waals surface area contributed by atoms with E-state index in [0.29, 0.717) is 0 Å². The maximum Gasteiger partial charge on any atom is 0.325 e. The first-order valence-corrected chi connectivity index (χ1v) is 6.06. The molecule has 2 rings (SSSR count). The number of aromatic hydroxyl groups is 1. The largest absolute Gasteiger partial charge is 0.504 e. The molecule has 0 aromatic heterocycles. The van der Waals surface area contributed by atoms with Crippen molar-refractivity contribution in [3.8, 4) is 11.5 Å². The van der Waals surface area contributed by atoms with Crippen LogP contribution < -0.4 is 10.5 Å². The Labute approximate surface area is 115 Å². The Hall–Kier alpha value is -2.28. The molecule has 7 nitrogen and oxygen atoms in total. The standard InChI is InChI=1S/C13H16N2O5/c1-20-10-3-2-8(6-9(10)16)11(17)15-5-4-13(14,7-15)12(18)19/h2-3,6,16H,4-5,7,14H2,1H3,(H,18,19). The number of hydrogen-bond acceptors (Lipinski definition) is 5. The highest BCUT2D eigenvalue weighted by Crippen LogP contribution is 2.28. The summed E-state index contributed by atoms with van der Waals surface area (Å²) in [6.07, 6.45) is 0.205. The van der Waals surface area contributed by atoms with Crippen LogP contribution in [0.5, 0.6) is 11.5 Å². The van der Waals surface area contributed by atoms with E-state index in [2.05, 4.69) is 0 Å². The Morgan fingerprint density at radius 1 is 1.45 bits per heavy atom. The number of carbonyl (C=O) groups excluding carboxylic acids is 1. The van der Waals surface area contributed by atoms with Crippen LogP contribution >= 0.6 is 0 Å². The van der Waals surface area contributed by atoms with Crippen LogP contribution in [-0.2, 0) is 4.79 Å². The minimum atomic E-state index is -1.40. The number of carboxylic acids is 1. The van der Waals surface area contributed by atoms with Crippen LogP contribution in [0.1, 0.15) is 16.8 Å². The molecule has 1 aromatic rings. The van der Waals surface area contributed by atoms with Gasteiger partial charge >= 0.3 is 5.97 Å². The van der Waals surface area contributed by atoms with Gasteiger partial charge in [0.05, 0.1) is 7.11 Å². The van der Waals surface area contributed by atoms with Gasteiger partial charge in [0, 0.05) is 18.7 Å². The highest BCUT2D eigenvalue weighted by Gasteiger charge is 2.43. The minimum absolute atomic E-state index is 0.0477. The Morgan fingerprint density at radius 2 is 2.15 bits per heavy atom. The molecule has 1 fully saturated rings. The summed E-state index contributed by atoms with van der Waals surface area (Å²) in [7, 11) is 1.41. The van der Waals surface area contributed by atoms with Gasteiger partial charge in [-0.1, -0.05) is 0 Å². The molecule has 1 aliphatic heterocycles. The molecular formula is C13H16N2O5. The Bertz CT molecular complexity index is 560. The fraction of sp³-hybridized carbons (Fsp3) is 0.385. The van der Waals surface area contributed by atoms with E-state index in [0.717, 1.165) is 0 Å². The number of phenols is 1. The van der Waals surface area contributed by atoms with Gasteiger partial charge in [0.2, 0.25) is 0 Å². The number of methoxy groups -OCH3 is 1. The smallest absolute Gasteiger partial charge is 0.325 e. The average molecular weight is 280 g/mol. The predicted octanol–water partition coefficient (Wildman–Crippen LogP) is 0.0288. The molecule has 7 heteroatoms. The molecule has 0 radical (unpaired) electrons. The van der Waals surface area contributed by atoms with E-state index in [4.69, 9.17) is 15.6 Å². The highest BCUT2D eigenvalue weighted by molar-refractivity contribution is 5.96. The van der Waals surface area contributed by atoms with E-state index in [1.54, 1.807) is 0 Å². The molecule has 0 aliphatic carbocycles. The molecule has 1 unspecified atom stereocenters. The van der Waals surface area contributed by atoms with Crippen molar-refractivity contribution >= 4 is 11.9 Å².